The number of carbonyl (C=O) groups is 4. The molecule has 3 aromatic carbocycles. The third-order valence-electron chi connectivity index (χ3n) is 5.29. The Hall–Kier alpha value is -3.76. The van der Waals surface area contributed by atoms with Gasteiger partial charge in [-0.25, -0.2) is 9.69 Å². The molecule has 1 aliphatic rings. The smallest absolute Gasteiger partial charge is 0.339 e. The zero-order valence-electron chi connectivity index (χ0n) is 19.1. The van der Waals surface area contributed by atoms with Gasteiger partial charge in [-0.2, -0.15) is 0 Å². The fourth-order valence-corrected chi connectivity index (χ4v) is 4.51. The third-order valence-corrected chi connectivity index (χ3v) is 6.39. The zero-order valence-corrected chi connectivity index (χ0v) is 22.2. The van der Waals surface area contributed by atoms with Crippen molar-refractivity contribution in [2.45, 2.75) is 0 Å². The molecule has 3 aromatic rings. The van der Waals surface area contributed by atoms with Crippen LogP contribution in [-0.4, -0.2) is 35.9 Å². The van der Waals surface area contributed by atoms with Gasteiger partial charge in [0.15, 0.2) is 0 Å². The molecule has 9 nitrogen and oxygen atoms in total. The lowest BCUT2D eigenvalue weighted by Gasteiger charge is -2.16. The number of ether oxygens (including phenoxy) is 1. The number of methoxy groups -OCH3 is 1. The average molecular weight is 595 g/mol. The Morgan fingerprint density at radius 3 is 2.24 bits per heavy atom. The normalized spacial score (nSPS) is 13.1. The lowest BCUT2D eigenvalue weighted by atomic mass is 10.1. The van der Waals surface area contributed by atoms with Crippen LogP contribution in [0.3, 0.4) is 0 Å². The highest BCUT2D eigenvalue weighted by molar-refractivity contribution is 6.53. The second kappa shape index (κ2) is 10.9. The van der Waals surface area contributed by atoms with Crippen molar-refractivity contribution >= 4 is 87.2 Å². The number of hydrogen-bond donors (Lipinski definition) is 3. The predicted molar refractivity (Wildman–Crippen MR) is 145 cm³/mol. The van der Waals surface area contributed by atoms with Gasteiger partial charge in [-0.3, -0.25) is 14.4 Å². The topological polar surface area (TPSA) is 125 Å². The zero-order chi connectivity index (χ0) is 27.7. The molecule has 0 aliphatic carbocycles. The summed E-state index contributed by atoms with van der Waals surface area (Å²) in [5.41, 5.74) is 0.318. The van der Waals surface area contributed by atoms with Crippen LogP contribution in [0.5, 0.6) is 5.75 Å². The number of hydrogen-bond acceptors (Lipinski definition) is 6. The molecular weight excluding hydrogens is 580 g/mol. The summed E-state index contributed by atoms with van der Waals surface area (Å²) in [6.07, 6.45) is 0. The van der Waals surface area contributed by atoms with Gasteiger partial charge in [0.2, 0.25) is 0 Å². The monoisotopic (exact) mass is 593 g/mol. The molecule has 13 heteroatoms. The van der Waals surface area contributed by atoms with E-state index in [0.717, 1.165) is 11.0 Å². The molecule has 0 saturated carbocycles. The average Bonchev–Trinajstić information content (AvgIpc) is 3.07. The standard InChI is InChI=1S/C25H15Cl4N3O6/c1-38-19-10-18(17(28)9-16(19)25(36)37)31-22(33)11-3-2-4-14(5-11)30-21-20(29)23(34)32(24(21)35)15-7-12(26)6-13(27)8-15/h2-10,30H,1H3,(H,31,33)(H,36,37). The highest BCUT2D eigenvalue weighted by Gasteiger charge is 2.39. The van der Waals surface area contributed by atoms with Gasteiger partial charge in [-0.1, -0.05) is 52.5 Å². The Labute approximate surface area is 235 Å². The van der Waals surface area contributed by atoms with Crippen LogP contribution >= 0.6 is 46.4 Å². The first kappa shape index (κ1) is 27.3. The molecule has 0 unspecified atom stereocenters. The molecule has 1 heterocycles. The van der Waals surface area contributed by atoms with Crippen LogP contribution in [0.25, 0.3) is 0 Å². The van der Waals surface area contributed by atoms with E-state index < -0.39 is 23.7 Å². The number of benzene rings is 3. The third kappa shape index (κ3) is 5.41. The van der Waals surface area contributed by atoms with Gasteiger partial charge < -0.3 is 20.5 Å². The first-order chi connectivity index (χ1) is 18.0. The van der Waals surface area contributed by atoms with Crippen molar-refractivity contribution in [2.24, 2.45) is 0 Å². The van der Waals surface area contributed by atoms with Gasteiger partial charge in [0, 0.05) is 27.4 Å². The molecule has 0 aromatic heterocycles. The molecule has 0 spiro atoms. The summed E-state index contributed by atoms with van der Waals surface area (Å²) in [5.74, 6) is -3.36. The maximum Gasteiger partial charge on any atom is 0.339 e. The van der Waals surface area contributed by atoms with Crippen LogP contribution in [-0.2, 0) is 9.59 Å². The number of aromatic carboxylic acids is 1. The number of amides is 3. The van der Waals surface area contributed by atoms with Gasteiger partial charge in [0.05, 0.1) is 23.5 Å². The summed E-state index contributed by atoms with van der Waals surface area (Å²) in [7, 11) is 1.29. The van der Waals surface area contributed by atoms with Crippen molar-refractivity contribution in [1.82, 2.24) is 0 Å². The highest BCUT2D eigenvalue weighted by atomic mass is 35.5. The Bertz CT molecular complexity index is 1540. The second-order valence-corrected chi connectivity index (χ2v) is 9.42. The Morgan fingerprint density at radius 1 is 0.921 bits per heavy atom. The maximum absolute atomic E-state index is 13.1. The van der Waals surface area contributed by atoms with Crippen LogP contribution in [0.4, 0.5) is 17.1 Å². The van der Waals surface area contributed by atoms with Crippen LogP contribution < -0.4 is 20.3 Å². The summed E-state index contributed by atoms with van der Waals surface area (Å²) in [4.78, 5) is 50.9. The minimum Gasteiger partial charge on any atom is -0.496 e. The minimum atomic E-state index is -1.25. The number of imide groups is 1. The van der Waals surface area contributed by atoms with E-state index >= 15 is 0 Å². The molecule has 0 saturated heterocycles. The van der Waals surface area contributed by atoms with Crippen molar-refractivity contribution in [3.05, 3.63) is 91.5 Å². The fraction of sp³-hybridized carbons (Fsp3) is 0.0400. The molecular formula is C25H15Cl4N3O6. The summed E-state index contributed by atoms with van der Waals surface area (Å²) in [5, 5.41) is 14.7. The number of halogens is 4. The van der Waals surface area contributed by atoms with E-state index in [1.807, 2.05) is 0 Å². The number of anilines is 3. The van der Waals surface area contributed by atoms with Crippen LogP contribution in [0.15, 0.2) is 65.3 Å². The number of nitrogens with zero attached hydrogens (tertiary/aromatic N) is 1. The number of carboxylic acid groups (broad SMARTS) is 1. The maximum atomic E-state index is 13.1. The van der Waals surface area contributed by atoms with E-state index in [-0.39, 0.29) is 59.7 Å². The minimum absolute atomic E-state index is 0.00385. The highest BCUT2D eigenvalue weighted by Crippen LogP contribution is 2.34. The van der Waals surface area contributed by atoms with Gasteiger partial charge in [-0.05, 0) is 42.5 Å². The van der Waals surface area contributed by atoms with Gasteiger partial charge in [0.25, 0.3) is 17.7 Å². The Balaban J connectivity index is 1.56. The van der Waals surface area contributed by atoms with E-state index in [1.54, 1.807) is 6.07 Å². The molecule has 1 aliphatic heterocycles. The summed E-state index contributed by atoms with van der Waals surface area (Å²) >= 11 is 24.3. The number of nitrogens with one attached hydrogen (secondary N) is 2. The van der Waals surface area contributed by atoms with Crippen LogP contribution in [0.2, 0.25) is 15.1 Å². The van der Waals surface area contributed by atoms with Crippen LogP contribution in [0, 0.1) is 0 Å². The molecule has 0 fully saturated rings. The summed E-state index contributed by atoms with van der Waals surface area (Å²) in [6, 6.07) is 12.7. The lowest BCUT2D eigenvalue weighted by molar-refractivity contribution is -0.120. The van der Waals surface area contributed by atoms with E-state index in [2.05, 4.69) is 10.6 Å². The second-order valence-electron chi connectivity index (χ2n) is 7.76. The van der Waals surface area contributed by atoms with E-state index in [1.165, 1.54) is 49.6 Å². The number of carboxylic acids is 1. The lowest BCUT2D eigenvalue weighted by Crippen LogP contribution is -2.32. The molecule has 4 rings (SSSR count). The quantitative estimate of drug-likeness (QED) is 0.285. The largest absolute Gasteiger partial charge is 0.496 e. The Kier molecular flexibility index (Phi) is 7.84. The fourth-order valence-electron chi connectivity index (χ4n) is 3.58. The van der Waals surface area contributed by atoms with Crippen molar-refractivity contribution in [1.29, 1.82) is 0 Å². The van der Waals surface area contributed by atoms with Crippen LogP contribution in [0.1, 0.15) is 20.7 Å². The molecule has 3 amide bonds. The summed E-state index contributed by atoms with van der Waals surface area (Å²) in [6.45, 7) is 0. The Morgan fingerprint density at radius 2 is 1.61 bits per heavy atom. The predicted octanol–water partition coefficient (Wildman–Crippen LogP) is 6.04. The van der Waals surface area contributed by atoms with E-state index in [9.17, 15) is 24.3 Å². The van der Waals surface area contributed by atoms with Crippen molar-refractivity contribution in [2.75, 3.05) is 22.6 Å². The SMILES string of the molecule is COc1cc(NC(=O)c2cccc(NC3=C(Cl)C(=O)N(c4cc(Cl)cc(Cl)c4)C3=O)c2)c(Cl)cc1C(=O)O. The van der Waals surface area contributed by atoms with E-state index in [4.69, 9.17) is 51.1 Å². The van der Waals surface area contributed by atoms with Gasteiger partial charge >= 0.3 is 5.97 Å². The van der Waals surface area contributed by atoms with Gasteiger partial charge in [-0.15, -0.1) is 0 Å². The number of rotatable bonds is 7. The first-order valence-electron chi connectivity index (χ1n) is 10.5. The summed E-state index contributed by atoms with van der Waals surface area (Å²) < 4.78 is 5.07. The molecule has 0 radical (unpaired) electrons. The van der Waals surface area contributed by atoms with Crippen molar-refractivity contribution < 1.29 is 29.0 Å². The first-order valence-corrected chi connectivity index (χ1v) is 12.0. The molecule has 38 heavy (non-hydrogen) atoms. The molecule has 0 bridgehead atoms. The van der Waals surface area contributed by atoms with Gasteiger partial charge in [0.1, 0.15) is 22.0 Å². The number of carbonyl (C=O) groups excluding carboxylic acids is 3. The molecule has 0 atom stereocenters. The molecule has 194 valence electrons. The van der Waals surface area contributed by atoms with Crippen molar-refractivity contribution in [3.63, 3.8) is 0 Å². The van der Waals surface area contributed by atoms with E-state index in [0.29, 0.717) is 0 Å². The molecule has 3 N–H and O–H groups in total. The van der Waals surface area contributed by atoms with Crippen molar-refractivity contribution in [3.8, 4) is 5.75 Å².